The SMILES string of the molecule is CCCNC(C)c1cc(Br)ccc1Sc1cnn(C)c1. The molecule has 1 heterocycles. The molecule has 0 aliphatic heterocycles. The molecule has 1 N–H and O–H groups in total. The summed E-state index contributed by atoms with van der Waals surface area (Å²) in [5.41, 5.74) is 1.32. The van der Waals surface area contributed by atoms with Gasteiger partial charge in [0, 0.05) is 28.7 Å². The molecule has 0 aliphatic rings. The third-order valence-corrected chi connectivity index (χ3v) is 4.58. The first kappa shape index (κ1) is 15.6. The molecule has 1 aromatic carbocycles. The zero-order valence-electron chi connectivity index (χ0n) is 12.1. The van der Waals surface area contributed by atoms with Gasteiger partial charge in [-0.2, -0.15) is 5.10 Å². The van der Waals surface area contributed by atoms with E-state index in [9.17, 15) is 0 Å². The molecular formula is C15H20BrN3S. The van der Waals surface area contributed by atoms with Crippen LogP contribution in [0.15, 0.2) is 44.9 Å². The van der Waals surface area contributed by atoms with Crippen LogP contribution in [0.25, 0.3) is 0 Å². The lowest BCUT2D eigenvalue weighted by molar-refractivity contribution is 0.563. The number of nitrogens with one attached hydrogen (secondary N) is 1. The molecule has 0 saturated heterocycles. The minimum Gasteiger partial charge on any atom is -0.310 e. The van der Waals surface area contributed by atoms with E-state index in [1.54, 1.807) is 11.8 Å². The van der Waals surface area contributed by atoms with Gasteiger partial charge < -0.3 is 5.32 Å². The molecule has 1 atom stereocenters. The number of rotatable bonds is 6. The summed E-state index contributed by atoms with van der Waals surface area (Å²) in [6.45, 7) is 5.43. The van der Waals surface area contributed by atoms with Gasteiger partial charge >= 0.3 is 0 Å². The van der Waals surface area contributed by atoms with Crippen LogP contribution in [0.5, 0.6) is 0 Å². The first-order chi connectivity index (χ1) is 9.60. The number of hydrogen-bond acceptors (Lipinski definition) is 3. The lowest BCUT2D eigenvalue weighted by Crippen LogP contribution is -2.19. The summed E-state index contributed by atoms with van der Waals surface area (Å²) in [4.78, 5) is 2.44. The fraction of sp³-hybridized carbons (Fsp3) is 0.400. The van der Waals surface area contributed by atoms with Crippen LogP contribution in [-0.2, 0) is 7.05 Å². The minimum absolute atomic E-state index is 0.339. The van der Waals surface area contributed by atoms with E-state index in [2.05, 4.69) is 58.4 Å². The zero-order valence-corrected chi connectivity index (χ0v) is 14.5. The van der Waals surface area contributed by atoms with Crippen molar-refractivity contribution in [2.45, 2.75) is 36.1 Å². The Labute approximate surface area is 133 Å². The molecule has 20 heavy (non-hydrogen) atoms. The molecule has 1 unspecified atom stereocenters. The number of benzene rings is 1. The third-order valence-electron chi connectivity index (χ3n) is 3.05. The van der Waals surface area contributed by atoms with E-state index < -0.39 is 0 Å². The van der Waals surface area contributed by atoms with Gasteiger partial charge in [-0.1, -0.05) is 34.6 Å². The van der Waals surface area contributed by atoms with Gasteiger partial charge in [-0.3, -0.25) is 4.68 Å². The Balaban J connectivity index is 2.23. The largest absolute Gasteiger partial charge is 0.310 e. The summed E-state index contributed by atoms with van der Waals surface area (Å²) in [5.74, 6) is 0. The highest BCUT2D eigenvalue weighted by Gasteiger charge is 2.12. The molecule has 0 amide bonds. The van der Waals surface area contributed by atoms with Crippen LogP contribution in [0.4, 0.5) is 0 Å². The maximum Gasteiger partial charge on any atom is 0.0629 e. The van der Waals surface area contributed by atoms with Crippen LogP contribution in [0, 0.1) is 0 Å². The Bertz CT molecular complexity index is 568. The topological polar surface area (TPSA) is 29.9 Å². The van der Waals surface area contributed by atoms with E-state index in [1.165, 1.54) is 15.4 Å². The fourth-order valence-corrected chi connectivity index (χ4v) is 3.43. The fourth-order valence-electron chi connectivity index (χ4n) is 2.00. The third kappa shape index (κ3) is 4.11. The summed E-state index contributed by atoms with van der Waals surface area (Å²) < 4.78 is 2.95. The molecule has 1 aromatic heterocycles. The van der Waals surface area contributed by atoms with Crippen LogP contribution in [-0.4, -0.2) is 16.3 Å². The van der Waals surface area contributed by atoms with Crippen molar-refractivity contribution in [3.05, 3.63) is 40.6 Å². The van der Waals surface area contributed by atoms with Crippen molar-refractivity contribution in [2.75, 3.05) is 6.54 Å². The quantitative estimate of drug-likeness (QED) is 0.834. The predicted molar refractivity (Wildman–Crippen MR) is 88.2 cm³/mol. The summed E-state index contributed by atoms with van der Waals surface area (Å²) in [7, 11) is 1.94. The van der Waals surface area contributed by atoms with E-state index in [0.717, 1.165) is 17.4 Å². The average molecular weight is 354 g/mol. The maximum absolute atomic E-state index is 4.23. The van der Waals surface area contributed by atoms with Crippen molar-refractivity contribution in [1.82, 2.24) is 15.1 Å². The van der Waals surface area contributed by atoms with E-state index >= 15 is 0 Å². The normalized spacial score (nSPS) is 12.6. The standard InChI is InChI=1S/C15H20BrN3S/c1-4-7-17-11(2)14-8-12(16)5-6-15(14)20-13-9-18-19(3)10-13/h5-6,8-11,17H,4,7H2,1-3H3. The molecule has 0 saturated carbocycles. The molecular weight excluding hydrogens is 334 g/mol. The molecule has 0 spiro atoms. The number of hydrogen-bond donors (Lipinski definition) is 1. The van der Waals surface area contributed by atoms with Gasteiger partial charge in [-0.15, -0.1) is 0 Å². The Morgan fingerprint density at radius 2 is 2.25 bits per heavy atom. The second-order valence-corrected chi connectivity index (χ2v) is 6.84. The van der Waals surface area contributed by atoms with Gasteiger partial charge in [0.05, 0.1) is 11.1 Å². The van der Waals surface area contributed by atoms with Crippen molar-refractivity contribution in [3.8, 4) is 0 Å². The molecule has 0 bridgehead atoms. The second kappa shape index (κ2) is 7.29. The highest BCUT2D eigenvalue weighted by molar-refractivity contribution is 9.10. The van der Waals surface area contributed by atoms with Crippen LogP contribution in [0.3, 0.4) is 0 Å². The van der Waals surface area contributed by atoms with Crippen molar-refractivity contribution in [1.29, 1.82) is 0 Å². The molecule has 0 fully saturated rings. The van der Waals surface area contributed by atoms with Crippen LogP contribution in [0.2, 0.25) is 0 Å². The number of nitrogens with zero attached hydrogens (tertiary/aromatic N) is 2. The molecule has 3 nitrogen and oxygen atoms in total. The Hall–Kier alpha value is -0.780. The Kier molecular flexibility index (Phi) is 5.69. The van der Waals surface area contributed by atoms with Crippen molar-refractivity contribution in [3.63, 3.8) is 0 Å². The molecule has 0 radical (unpaired) electrons. The molecule has 0 aliphatic carbocycles. The van der Waals surface area contributed by atoms with Gasteiger partial charge in [0.2, 0.25) is 0 Å². The Morgan fingerprint density at radius 1 is 1.45 bits per heavy atom. The molecule has 2 aromatic rings. The van der Waals surface area contributed by atoms with Crippen LogP contribution < -0.4 is 5.32 Å². The van der Waals surface area contributed by atoms with Crippen molar-refractivity contribution < 1.29 is 0 Å². The smallest absolute Gasteiger partial charge is 0.0629 e. The Morgan fingerprint density at radius 3 is 2.90 bits per heavy atom. The molecule has 108 valence electrons. The van der Waals surface area contributed by atoms with Crippen molar-refractivity contribution >= 4 is 27.7 Å². The number of halogens is 1. The lowest BCUT2D eigenvalue weighted by Gasteiger charge is -2.17. The van der Waals surface area contributed by atoms with E-state index in [-0.39, 0.29) is 0 Å². The summed E-state index contributed by atoms with van der Waals surface area (Å²) in [5, 5.41) is 7.78. The number of aryl methyl sites for hydroxylation is 1. The monoisotopic (exact) mass is 353 g/mol. The molecule has 5 heteroatoms. The summed E-state index contributed by atoms with van der Waals surface area (Å²) in [6, 6.07) is 6.80. The summed E-state index contributed by atoms with van der Waals surface area (Å²) >= 11 is 5.33. The van der Waals surface area contributed by atoms with Gasteiger partial charge in [0.1, 0.15) is 0 Å². The van der Waals surface area contributed by atoms with Gasteiger partial charge in [-0.25, -0.2) is 0 Å². The summed E-state index contributed by atoms with van der Waals surface area (Å²) in [6.07, 6.45) is 5.09. The average Bonchev–Trinajstić information content (AvgIpc) is 2.83. The predicted octanol–water partition coefficient (Wildman–Crippen LogP) is 4.39. The van der Waals surface area contributed by atoms with Crippen LogP contribution in [0.1, 0.15) is 31.9 Å². The first-order valence-electron chi connectivity index (χ1n) is 6.79. The molecule has 2 rings (SSSR count). The van der Waals surface area contributed by atoms with Gasteiger partial charge in [-0.05, 0) is 43.7 Å². The second-order valence-electron chi connectivity index (χ2n) is 4.81. The van der Waals surface area contributed by atoms with Gasteiger partial charge in [0.25, 0.3) is 0 Å². The number of aromatic nitrogens is 2. The van der Waals surface area contributed by atoms with E-state index in [0.29, 0.717) is 6.04 Å². The maximum atomic E-state index is 4.23. The zero-order chi connectivity index (χ0) is 14.5. The lowest BCUT2D eigenvalue weighted by atomic mass is 10.1. The van der Waals surface area contributed by atoms with E-state index in [4.69, 9.17) is 0 Å². The minimum atomic E-state index is 0.339. The van der Waals surface area contributed by atoms with E-state index in [1.807, 2.05) is 24.1 Å². The highest BCUT2D eigenvalue weighted by atomic mass is 79.9. The highest BCUT2D eigenvalue weighted by Crippen LogP contribution is 2.34. The van der Waals surface area contributed by atoms with Crippen molar-refractivity contribution in [2.24, 2.45) is 7.05 Å². The van der Waals surface area contributed by atoms with Gasteiger partial charge in [0.15, 0.2) is 0 Å². The van der Waals surface area contributed by atoms with Crippen LogP contribution >= 0.6 is 27.7 Å². The first-order valence-corrected chi connectivity index (χ1v) is 8.40.